The van der Waals surface area contributed by atoms with Crippen LogP contribution < -0.4 is 0 Å². The quantitative estimate of drug-likeness (QED) is 0.866. The molecule has 0 radical (unpaired) electrons. The van der Waals surface area contributed by atoms with E-state index < -0.39 is 6.10 Å². The van der Waals surface area contributed by atoms with Crippen molar-refractivity contribution in [1.29, 1.82) is 0 Å². The zero-order chi connectivity index (χ0) is 15.5. The molecule has 3 rings (SSSR count). The summed E-state index contributed by atoms with van der Waals surface area (Å²) < 4.78 is 0. The molecule has 1 fully saturated rings. The predicted octanol–water partition coefficient (Wildman–Crippen LogP) is 4.02. The van der Waals surface area contributed by atoms with Gasteiger partial charge in [0.05, 0.1) is 19.1 Å². The molecule has 1 amide bonds. The lowest BCUT2D eigenvalue weighted by atomic mass is 10.1. The molecule has 0 spiro atoms. The number of carbonyl (C=O) groups is 1. The summed E-state index contributed by atoms with van der Waals surface area (Å²) in [5.74, 6) is 0.0124. The van der Waals surface area contributed by atoms with Gasteiger partial charge in [-0.1, -0.05) is 29.8 Å². The minimum Gasteiger partial charge on any atom is -0.388 e. The summed E-state index contributed by atoms with van der Waals surface area (Å²) in [6, 6.07) is 11.4. The molecule has 0 saturated heterocycles. The largest absolute Gasteiger partial charge is 0.388 e. The van der Waals surface area contributed by atoms with Gasteiger partial charge in [-0.3, -0.25) is 4.79 Å². The van der Waals surface area contributed by atoms with Gasteiger partial charge in [-0.05, 0) is 42.0 Å². The van der Waals surface area contributed by atoms with Gasteiger partial charge >= 0.3 is 0 Å². The van der Waals surface area contributed by atoms with Crippen LogP contribution in [0.25, 0.3) is 0 Å². The lowest BCUT2D eigenvalue weighted by Crippen LogP contribution is -2.33. The van der Waals surface area contributed by atoms with Crippen molar-refractivity contribution in [2.75, 3.05) is 0 Å². The molecule has 5 heteroatoms. The summed E-state index contributed by atoms with van der Waals surface area (Å²) in [5, 5.41) is 12.9. The summed E-state index contributed by atoms with van der Waals surface area (Å²) in [6.07, 6.45) is 1.46. The standard InChI is InChI=1S/C17H18ClNO2S/c18-13-5-3-12(4-6-13)16(20)10-17(21)19(14-7-8-14)11-15-2-1-9-22-15/h1-6,9,14,16,20H,7-8,10-11H2. The van der Waals surface area contributed by atoms with E-state index in [4.69, 9.17) is 11.6 Å². The Balaban J connectivity index is 1.64. The van der Waals surface area contributed by atoms with E-state index in [1.54, 1.807) is 35.6 Å². The zero-order valence-corrected chi connectivity index (χ0v) is 13.7. The molecular formula is C17H18ClNO2S. The van der Waals surface area contributed by atoms with Gasteiger partial charge in [-0.2, -0.15) is 0 Å². The normalized spacial score (nSPS) is 15.5. The molecule has 22 heavy (non-hydrogen) atoms. The minimum atomic E-state index is -0.783. The zero-order valence-electron chi connectivity index (χ0n) is 12.1. The van der Waals surface area contributed by atoms with E-state index in [9.17, 15) is 9.90 Å². The number of nitrogens with zero attached hydrogens (tertiary/aromatic N) is 1. The Labute approximate surface area is 139 Å². The molecular weight excluding hydrogens is 318 g/mol. The third kappa shape index (κ3) is 3.88. The first kappa shape index (κ1) is 15.5. The van der Waals surface area contributed by atoms with Crippen LogP contribution in [-0.4, -0.2) is 22.0 Å². The maximum absolute atomic E-state index is 12.5. The van der Waals surface area contributed by atoms with E-state index in [0.717, 1.165) is 18.4 Å². The van der Waals surface area contributed by atoms with Gasteiger partial charge in [0.15, 0.2) is 0 Å². The number of hydrogen-bond donors (Lipinski definition) is 1. The van der Waals surface area contributed by atoms with Gasteiger partial charge < -0.3 is 10.0 Å². The monoisotopic (exact) mass is 335 g/mol. The number of amides is 1. The molecule has 1 N–H and O–H groups in total. The number of rotatable bonds is 6. The van der Waals surface area contributed by atoms with Crippen molar-refractivity contribution < 1.29 is 9.90 Å². The SMILES string of the molecule is O=C(CC(O)c1ccc(Cl)cc1)N(Cc1cccs1)C1CC1. The summed E-state index contributed by atoms with van der Waals surface area (Å²) in [4.78, 5) is 15.6. The number of carbonyl (C=O) groups excluding carboxylic acids is 1. The van der Waals surface area contributed by atoms with Crippen molar-refractivity contribution in [1.82, 2.24) is 4.90 Å². The van der Waals surface area contributed by atoms with E-state index in [-0.39, 0.29) is 12.3 Å². The van der Waals surface area contributed by atoms with Gasteiger partial charge in [0.25, 0.3) is 0 Å². The second-order valence-electron chi connectivity index (χ2n) is 5.60. The highest BCUT2D eigenvalue weighted by Crippen LogP contribution is 2.31. The fourth-order valence-corrected chi connectivity index (χ4v) is 3.29. The number of halogens is 1. The Hall–Kier alpha value is -1.36. The third-order valence-corrected chi connectivity index (χ3v) is 4.95. The molecule has 116 valence electrons. The number of hydrogen-bond acceptors (Lipinski definition) is 3. The molecule has 1 aromatic carbocycles. The number of aliphatic hydroxyl groups is 1. The second-order valence-corrected chi connectivity index (χ2v) is 7.07. The van der Waals surface area contributed by atoms with E-state index in [1.807, 2.05) is 22.4 Å². The van der Waals surface area contributed by atoms with E-state index in [1.165, 1.54) is 4.88 Å². The molecule has 0 aliphatic heterocycles. The molecule has 1 atom stereocenters. The topological polar surface area (TPSA) is 40.5 Å². The summed E-state index contributed by atoms with van der Waals surface area (Å²) >= 11 is 7.51. The van der Waals surface area contributed by atoms with Crippen LogP contribution in [0.3, 0.4) is 0 Å². The molecule has 1 saturated carbocycles. The third-order valence-electron chi connectivity index (χ3n) is 3.84. The van der Waals surface area contributed by atoms with Crippen LogP contribution in [0.1, 0.15) is 35.8 Å². The summed E-state index contributed by atoms with van der Waals surface area (Å²) in [6.45, 7) is 0.647. The van der Waals surface area contributed by atoms with Gasteiger partial charge in [0.1, 0.15) is 0 Å². The molecule has 0 bridgehead atoms. The fraction of sp³-hybridized carbons (Fsp3) is 0.353. The van der Waals surface area contributed by atoms with E-state index in [0.29, 0.717) is 17.6 Å². The lowest BCUT2D eigenvalue weighted by molar-refractivity contribution is -0.134. The Bertz CT molecular complexity index is 623. The average Bonchev–Trinajstić information content (AvgIpc) is 3.21. The summed E-state index contributed by atoms with van der Waals surface area (Å²) in [7, 11) is 0. The smallest absolute Gasteiger partial charge is 0.226 e. The van der Waals surface area contributed by atoms with Crippen LogP contribution in [0.5, 0.6) is 0 Å². The highest BCUT2D eigenvalue weighted by Gasteiger charge is 2.33. The van der Waals surface area contributed by atoms with Crippen molar-refractivity contribution >= 4 is 28.8 Å². The lowest BCUT2D eigenvalue weighted by Gasteiger charge is -2.23. The molecule has 2 aromatic rings. The minimum absolute atomic E-state index is 0.0124. The second kappa shape index (κ2) is 6.82. The van der Waals surface area contributed by atoms with Crippen LogP contribution >= 0.6 is 22.9 Å². The van der Waals surface area contributed by atoms with Crippen molar-refractivity contribution in [3.8, 4) is 0 Å². The first-order chi connectivity index (χ1) is 10.6. The predicted molar refractivity (Wildman–Crippen MR) is 88.9 cm³/mol. The molecule has 1 heterocycles. The molecule has 1 aromatic heterocycles. The van der Waals surface area contributed by atoms with Crippen LogP contribution in [0.2, 0.25) is 5.02 Å². The van der Waals surface area contributed by atoms with Crippen molar-refractivity contribution in [2.45, 2.75) is 38.0 Å². The van der Waals surface area contributed by atoms with Crippen molar-refractivity contribution in [3.05, 3.63) is 57.2 Å². The van der Waals surface area contributed by atoms with Crippen LogP contribution in [0.15, 0.2) is 41.8 Å². The van der Waals surface area contributed by atoms with Gasteiger partial charge in [0.2, 0.25) is 5.91 Å². The van der Waals surface area contributed by atoms with E-state index >= 15 is 0 Å². The molecule has 1 aliphatic carbocycles. The van der Waals surface area contributed by atoms with Gasteiger partial charge in [-0.15, -0.1) is 11.3 Å². The Morgan fingerprint density at radius 2 is 2.05 bits per heavy atom. The molecule has 1 unspecified atom stereocenters. The summed E-state index contributed by atoms with van der Waals surface area (Å²) in [5.41, 5.74) is 0.727. The average molecular weight is 336 g/mol. The molecule has 1 aliphatic rings. The fourth-order valence-electron chi connectivity index (χ4n) is 2.46. The highest BCUT2D eigenvalue weighted by atomic mass is 35.5. The number of benzene rings is 1. The number of aliphatic hydroxyl groups excluding tert-OH is 1. The van der Waals surface area contributed by atoms with Crippen LogP contribution in [0, 0.1) is 0 Å². The number of thiophene rings is 1. The first-order valence-corrected chi connectivity index (χ1v) is 8.64. The van der Waals surface area contributed by atoms with Gasteiger partial charge in [0, 0.05) is 15.9 Å². The first-order valence-electron chi connectivity index (χ1n) is 7.39. The van der Waals surface area contributed by atoms with E-state index in [2.05, 4.69) is 0 Å². The maximum atomic E-state index is 12.5. The maximum Gasteiger partial charge on any atom is 0.226 e. The molecule has 3 nitrogen and oxygen atoms in total. The Kier molecular flexibility index (Phi) is 4.81. The Morgan fingerprint density at radius 1 is 1.32 bits per heavy atom. The van der Waals surface area contributed by atoms with Crippen LogP contribution in [-0.2, 0) is 11.3 Å². The van der Waals surface area contributed by atoms with Crippen molar-refractivity contribution in [2.24, 2.45) is 0 Å². The van der Waals surface area contributed by atoms with Gasteiger partial charge in [-0.25, -0.2) is 0 Å². The highest BCUT2D eigenvalue weighted by molar-refractivity contribution is 7.09. The van der Waals surface area contributed by atoms with Crippen molar-refractivity contribution in [3.63, 3.8) is 0 Å². The van der Waals surface area contributed by atoms with Crippen LogP contribution in [0.4, 0.5) is 0 Å². The Morgan fingerprint density at radius 3 is 2.64 bits per heavy atom.